The first-order valence-corrected chi connectivity index (χ1v) is 6.66. The van der Waals surface area contributed by atoms with Crippen LogP contribution >= 0.6 is 0 Å². The van der Waals surface area contributed by atoms with E-state index in [1.54, 1.807) is 14.2 Å². The van der Waals surface area contributed by atoms with Crippen molar-refractivity contribution < 1.29 is 9.47 Å². The highest BCUT2D eigenvalue weighted by atomic mass is 16.5. The zero-order valence-electron chi connectivity index (χ0n) is 11.8. The molecular weight excluding hydrogens is 226 g/mol. The molecule has 100 valence electrons. The molecule has 0 unspecified atom stereocenters. The maximum absolute atomic E-state index is 5.44. The largest absolute Gasteiger partial charge is 0.493 e. The molecule has 0 aliphatic carbocycles. The average molecular weight is 249 g/mol. The van der Waals surface area contributed by atoms with Crippen LogP contribution in [0.2, 0.25) is 0 Å². The Balaban J connectivity index is 2.56. The van der Waals surface area contributed by atoms with Crippen molar-refractivity contribution in [2.24, 2.45) is 0 Å². The Morgan fingerprint density at radius 3 is 2.28 bits per heavy atom. The molecule has 2 rings (SSSR count). The molecule has 1 aromatic carbocycles. The predicted octanol–water partition coefficient (Wildman–Crippen LogP) is 2.86. The molecule has 0 aromatic heterocycles. The van der Waals surface area contributed by atoms with Crippen LogP contribution in [0.25, 0.3) is 0 Å². The lowest BCUT2D eigenvalue weighted by Crippen LogP contribution is -2.42. The standard InChI is InChI=1S/C15H23NO2/c1-5-15(6-2)10-16-9-11-7-13(17-3)14(18-4)8-12(11)15/h7-8,16H,5-6,9-10H2,1-4H3. The number of ether oxygens (including phenoxy) is 2. The second-order valence-electron chi connectivity index (χ2n) is 4.96. The van der Waals surface area contributed by atoms with E-state index in [9.17, 15) is 0 Å². The van der Waals surface area contributed by atoms with Crippen LogP contribution in [0.15, 0.2) is 12.1 Å². The molecule has 0 fully saturated rings. The van der Waals surface area contributed by atoms with Crippen molar-refractivity contribution in [2.45, 2.75) is 38.6 Å². The minimum absolute atomic E-state index is 0.229. The van der Waals surface area contributed by atoms with Crippen LogP contribution in [0, 0.1) is 0 Å². The van der Waals surface area contributed by atoms with Gasteiger partial charge >= 0.3 is 0 Å². The van der Waals surface area contributed by atoms with Gasteiger partial charge in [-0.1, -0.05) is 13.8 Å². The number of nitrogens with one attached hydrogen (secondary N) is 1. The zero-order chi connectivity index (χ0) is 13.2. The predicted molar refractivity (Wildman–Crippen MR) is 73.5 cm³/mol. The van der Waals surface area contributed by atoms with Crippen LogP contribution in [-0.2, 0) is 12.0 Å². The van der Waals surface area contributed by atoms with Gasteiger partial charge < -0.3 is 14.8 Å². The van der Waals surface area contributed by atoms with Crippen molar-refractivity contribution in [3.05, 3.63) is 23.3 Å². The van der Waals surface area contributed by atoms with Crippen LogP contribution in [0.4, 0.5) is 0 Å². The lowest BCUT2D eigenvalue weighted by Gasteiger charge is -2.38. The van der Waals surface area contributed by atoms with Gasteiger partial charge in [0, 0.05) is 18.5 Å². The molecule has 3 nitrogen and oxygen atoms in total. The van der Waals surface area contributed by atoms with E-state index in [1.165, 1.54) is 11.1 Å². The fraction of sp³-hybridized carbons (Fsp3) is 0.600. The smallest absolute Gasteiger partial charge is 0.161 e. The molecule has 0 saturated carbocycles. The summed E-state index contributed by atoms with van der Waals surface area (Å²) in [6.45, 7) is 6.48. The molecule has 1 heterocycles. The Morgan fingerprint density at radius 2 is 1.72 bits per heavy atom. The summed E-state index contributed by atoms with van der Waals surface area (Å²) in [6.07, 6.45) is 2.28. The molecule has 0 spiro atoms. The lowest BCUT2D eigenvalue weighted by molar-refractivity contribution is 0.329. The van der Waals surface area contributed by atoms with Crippen LogP contribution in [0.1, 0.15) is 37.8 Å². The van der Waals surface area contributed by atoms with E-state index in [0.29, 0.717) is 0 Å². The van der Waals surface area contributed by atoms with Gasteiger partial charge in [0.1, 0.15) is 0 Å². The zero-order valence-corrected chi connectivity index (χ0v) is 11.8. The van der Waals surface area contributed by atoms with Gasteiger partial charge in [-0.05, 0) is 36.1 Å². The average Bonchev–Trinajstić information content (AvgIpc) is 2.44. The molecule has 0 atom stereocenters. The van der Waals surface area contributed by atoms with Crippen molar-refractivity contribution >= 4 is 0 Å². The highest BCUT2D eigenvalue weighted by Crippen LogP contribution is 2.41. The Morgan fingerprint density at radius 1 is 1.11 bits per heavy atom. The van der Waals surface area contributed by atoms with E-state index in [-0.39, 0.29) is 5.41 Å². The first-order chi connectivity index (χ1) is 8.70. The molecule has 1 aliphatic rings. The molecular formula is C15H23NO2. The van der Waals surface area contributed by atoms with E-state index in [4.69, 9.17) is 9.47 Å². The van der Waals surface area contributed by atoms with E-state index >= 15 is 0 Å². The van der Waals surface area contributed by atoms with Gasteiger partial charge in [0.2, 0.25) is 0 Å². The second-order valence-corrected chi connectivity index (χ2v) is 4.96. The first kappa shape index (κ1) is 13.2. The van der Waals surface area contributed by atoms with Crippen molar-refractivity contribution in [1.82, 2.24) is 5.32 Å². The summed E-state index contributed by atoms with van der Waals surface area (Å²) in [6, 6.07) is 4.28. The Bertz CT molecular complexity index is 425. The van der Waals surface area contributed by atoms with Gasteiger partial charge in [-0.2, -0.15) is 0 Å². The van der Waals surface area contributed by atoms with Crippen LogP contribution < -0.4 is 14.8 Å². The number of hydrogen-bond acceptors (Lipinski definition) is 3. The van der Waals surface area contributed by atoms with Crippen LogP contribution in [0.5, 0.6) is 11.5 Å². The van der Waals surface area contributed by atoms with Gasteiger partial charge in [-0.25, -0.2) is 0 Å². The van der Waals surface area contributed by atoms with E-state index in [1.807, 2.05) is 0 Å². The van der Waals surface area contributed by atoms with Gasteiger partial charge in [-0.15, -0.1) is 0 Å². The highest BCUT2D eigenvalue weighted by Gasteiger charge is 2.34. The monoisotopic (exact) mass is 249 g/mol. The third-order valence-electron chi connectivity index (χ3n) is 4.31. The summed E-state index contributed by atoms with van der Waals surface area (Å²) in [5, 5.41) is 3.53. The van der Waals surface area contributed by atoms with Gasteiger partial charge in [0.25, 0.3) is 0 Å². The van der Waals surface area contributed by atoms with Crippen molar-refractivity contribution in [3.8, 4) is 11.5 Å². The number of methoxy groups -OCH3 is 2. The normalized spacial score (nSPS) is 17.1. The minimum Gasteiger partial charge on any atom is -0.493 e. The topological polar surface area (TPSA) is 30.5 Å². The summed E-state index contributed by atoms with van der Waals surface area (Å²) < 4.78 is 10.8. The first-order valence-electron chi connectivity index (χ1n) is 6.66. The minimum atomic E-state index is 0.229. The number of hydrogen-bond donors (Lipinski definition) is 1. The third-order valence-corrected chi connectivity index (χ3v) is 4.31. The SMILES string of the molecule is CCC1(CC)CNCc2cc(OC)c(OC)cc21. The number of benzene rings is 1. The van der Waals surface area contributed by atoms with Gasteiger partial charge in [0.05, 0.1) is 14.2 Å². The third kappa shape index (κ3) is 1.97. The number of fused-ring (bicyclic) bond motifs is 1. The summed E-state index contributed by atoms with van der Waals surface area (Å²) in [4.78, 5) is 0. The van der Waals surface area contributed by atoms with Gasteiger partial charge in [-0.3, -0.25) is 0 Å². The van der Waals surface area contributed by atoms with Gasteiger partial charge in [0.15, 0.2) is 11.5 Å². The van der Waals surface area contributed by atoms with E-state index in [2.05, 4.69) is 31.3 Å². The summed E-state index contributed by atoms with van der Waals surface area (Å²) in [7, 11) is 3.39. The summed E-state index contributed by atoms with van der Waals surface area (Å²) in [5.74, 6) is 1.66. The molecule has 0 saturated heterocycles. The van der Waals surface area contributed by atoms with Crippen LogP contribution in [-0.4, -0.2) is 20.8 Å². The maximum Gasteiger partial charge on any atom is 0.161 e. The Hall–Kier alpha value is -1.22. The fourth-order valence-corrected chi connectivity index (χ4v) is 2.97. The van der Waals surface area contributed by atoms with Crippen molar-refractivity contribution in [3.63, 3.8) is 0 Å². The molecule has 1 aromatic rings. The molecule has 0 amide bonds. The van der Waals surface area contributed by atoms with E-state index in [0.717, 1.165) is 37.4 Å². The molecule has 18 heavy (non-hydrogen) atoms. The van der Waals surface area contributed by atoms with E-state index < -0.39 is 0 Å². The lowest BCUT2D eigenvalue weighted by atomic mass is 9.72. The quantitative estimate of drug-likeness (QED) is 0.890. The molecule has 1 N–H and O–H groups in total. The maximum atomic E-state index is 5.44. The number of rotatable bonds is 4. The highest BCUT2D eigenvalue weighted by molar-refractivity contribution is 5.51. The molecule has 0 bridgehead atoms. The summed E-state index contributed by atoms with van der Waals surface area (Å²) >= 11 is 0. The van der Waals surface area contributed by atoms with Crippen LogP contribution in [0.3, 0.4) is 0 Å². The second kappa shape index (κ2) is 5.19. The van der Waals surface area contributed by atoms with Crippen molar-refractivity contribution in [2.75, 3.05) is 20.8 Å². The molecule has 3 heteroatoms. The Kier molecular flexibility index (Phi) is 3.81. The Labute approximate surface area is 109 Å². The van der Waals surface area contributed by atoms with Crippen molar-refractivity contribution in [1.29, 1.82) is 0 Å². The molecule has 1 aliphatic heterocycles. The fourth-order valence-electron chi connectivity index (χ4n) is 2.97. The molecule has 0 radical (unpaired) electrons. The summed E-state index contributed by atoms with van der Waals surface area (Å²) in [5.41, 5.74) is 2.99.